The lowest BCUT2D eigenvalue weighted by molar-refractivity contribution is -0.122. The molecule has 34 heavy (non-hydrogen) atoms. The molecule has 0 aliphatic carbocycles. The first-order valence-corrected chi connectivity index (χ1v) is 10.8. The van der Waals surface area contributed by atoms with Crippen LogP contribution in [0, 0.1) is 17.0 Å². The summed E-state index contributed by atoms with van der Waals surface area (Å²) in [5.41, 5.74) is 3.13. The van der Waals surface area contributed by atoms with E-state index in [0.717, 1.165) is 47.4 Å². The summed E-state index contributed by atoms with van der Waals surface area (Å²) in [5.74, 6) is -1.91. The molecule has 2 fully saturated rings. The minimum Gasteiger partial charge on any atom is -0.483 e. The van der Waals surface area contributed by atoms with Gasteiger partial charge in [-0.25, -0.2) is 8.78 Å². The summed E-state index contributed by atoms with van der Waals surface area (Å²) in [5, 5.41) is 6.89. The number of fused-ring (bicyclic) bond motifs is 1. The smallest absolute Gasteiger partial charge is 0.290 e. The molecule has 1 spiro atoms. The van der Waals surface area contributed by atoms with Crippen LogP contribution in [0.5, 0.6) is 0 Å². The molecule has 4 heterocycles. The normalized spacial score (nSPS) is 16.4. The van der Waals surface area contributed by atoms with Crippen LogP contribution in [0.25, 0.3) is 11.0 Å². The fourth-order valence-corrected chi connectivity index (χ4v) is 4.73. The predicted octanol–water partition coefficient (Wildman–Crippen LogP) is 2.42. The quantitative estimate of drug-likeness (QED) is 0.568. The number of likely N-dealkylation sites (tertiary alicyclic amines) is 2. The lowest BCUT2D eigenvalue weighted by Crippen LogP contribution is -2.72. The Balaban J connectivity index is 0.000000868. The number of carbonyl (C=O) groups is 2. The first-order chi connectivity index (χ1) is 16.3. The Morgan fingerprint density at radius 2 is 1.91 bits per heavy atom. The SMILES string of the molecule is CCc1cc2ncc(CN3CC4(C3)CN(C(=O)c3ccc(F)cc3F)C4)cc2[nH]c1=O.O=CO. The molecule has 0 unspecified atom stereocenters. The third kappa shape index (κ3) is 4.54. The molecular formula is C24H24F2N4O4. The van der Waals surface area contributed by atoms with Gasteiger partial charge in [0.2, 0.25) is 0 Å². The van der Waals surface area contributed by atoms with Gasteiger partial charge in [0, 0.05) is 56.0 Å². The molecule has 5 rings (SSSR count). The zero-order valence-electron chi connectivity index (χ0n) is 18.6. The lowest BCUT2D eigenvalue weighted by atomic mass is 9.72. The van der Waals surface area contributed by atoms with Crippen molar-refractivity contribution in [2.45, 2.75) is 19.9 Å². The Kier molecular flexibility index (Phi) is 6.43. The van der Waals surface area contributed by atoms with Crippen LogP contribution >= 0.6 is 0 Å². The van der Waals surface area contributed by atoms with Gasteiger partial charge in [-0.15, -0.1) is 0 Å². The van der Waals surface area contributed by atoms with Gasteiger partial charge in [-0.3, -0.25) is 24.3 Å². The minimum absolute atomic E-state index is 0.0424. The Labute approximate surface area is 193 Å². The number of pyridine rings is 2. The second-order valence-electron chi connectivity index (χ2n) is 8.79. The van der Waals surface area contributed by atoms with Gasteiger partial charge in [-0.05, 0) is 36.2 Å². The van der Waals surface area contributed by atoms with Crippen LogP contribution in [-0.4, -0.2) is 63.4 Å². The Bertz CT molecular complexity index is 1300. The van der Waals surface area contributed by atoms with Crippen molar-refractivity contribution in [3.8, 4) is 0 Å². The number of nitrogens with zero attached hydrogens (tertiary/aromatic N) is 3. The number of aryl methyl sites for hydroxylation is 1. The molecule has 0 saturated carbocycles. The van der Waals surface area contributed by atoms with E-state index < -0.39 is 17.5 Å². The van der Waals surface area contributed by atoms with E-state index in [4.69, 9.17) is 9.90 Å². The van der Waals surface area contributed by atoms with Gasteiger partial charge in [0.1, 0.15) is 11.6 Å². The molecule has 2 N–H and O–H groups in total. The number of halogens is 2. The number of nitrogens with one attached hydrogen (secondary N) is 1. The number of H-pyrrole nitrogens is 1. The van der Waals surface area contributed by atoms with Crippen LogP contribution < -0.4 is 5.56 Å². The fourth-order valence-electron chi connectivity index (χ4n) is 4.73. The Hall–Kier alpha value is -3.66. The molecule has 0 radical (unpaired) electrons. The summed E-state index contributed by atoms with van der Waals surface area (Å²) in [6, 6.07) is 6.83. The highest BCUT2D eigenvalue weighted by atomic mass is 19.1. The van der Waals surface area contributed by atoms with E-state index in [1.165, 1.54) is 6.07 Å². The van der Waals surface area contributed by atoms with Gasteiger partial charge in [0.25, 0.3) is 17.9 Å². The number of hydrogen-bond donors (Lipinski definition) is 2. The van der Waals surface area contributed by atoms with Gasteiger partial charge < -0.3 is 15.0 Å². The molecular weight excluding hydrogens is 446 g/mol. The molecule has 2 aromatic heterocycles. The largest absolute Gasteiger partial charge is 0.483 e. The zero-order valence-corrected chi connectivity index (χ0v) is 18.6. The van der Waals surface area contributed by atoms with Gasteiger partial charge in [-0.1, -0.05) is 6.92 Å². The van der Waals surface area contributed by atoms with Crippen molar-refractivity contribution in [2.24, 2.45) is 5.41 Å². The second-order valence-corrected chi connectivity index (χ2v) is 8.79. The van der Waals surface area contributed by atoms with Crippen molar-refractivity contribution < 1.29 is 23.5 Å². The first kappa shape index (κ1) is 23.5. The summed E-state index contributed by atoms with van der Waals surface area (Å²) < 4.78 is 26.9. The van der Waals surface area contributed by atoms with Crippen molar-refractivity contribution in [3.05, 3.63) is 75.2 Å². The standard InChI is InChI=1S/C23H22F2N4O2.CH2O2/c1-2-15-6-19-20(27-21(15)30)5-14(8-26-19)9-28-10-23(11-28)12-29(13-23)22(31)17-4-3-16(24)7-18(17)25;2-1-3/h3-8H,2,9-13H2,1H3,(H,27,30);1H,(H,2,3). The molecule has 3 aromatic rings. The van der Waals surface area contributed by atoms with Gasteiger partial charge in [0.05, 0.1) is 16.6 Å². The van der Waals surface area contributed by atoms with Crippen molar-refractivity contribution >= 4 is 23.4 Å². The van der Waals surface area contributed by atoms with Gasteiger partial charge >= 0.3 is 0 Å². The summed E-state index contributed by atoms with van der Waals surface area (Å²) in [4.78, 5) is 44.2. The molecule has 10 heteroatoms. The van der Waals surface area contributed by atoms with Crippen LogP contribution in [0.3, 0.4) is 0 Å². The van der Waals surface area contributed by atoms with Crippen molar-refractivity contribution in [2.75, 3.05) is 26.2 Å². The second kappa shape index (κ2) is 9.30. The highest BCUT2D eigenvalue weighted by molar-refractivity contribution is 5.95. The number of carbonyl (C=O) groups excluding carboxylic acids is 1. The van der Waals surface area contributed by atoms with E-state index >= 15 is 0 Å². The lowest BCUT2D eigenvalue weighted by Gasteiger charge is -2.60. The number of hydrogen-bond acceptors (Lipinski definition) is 5. The van der Waals surface area contributed by atoms with Crippen molar-refractivity contribution in [3.63, 3.8) is 0 Å². The van der Waals surface area contributed by atoms with E-state index in [0.29, 0.717) is 26.1 Å². The number of benzene rings is 1. The fraction of sp³-hybridized carbons (Fsp3) is 0.333. The van der Waals surface area contributed by atoms with Crippen LogP contribution in [0.2, 0.25) is 0 Å². The summed E-state index contributed by atoms with van der Waals surface area (Å²) in [6.45, 7) is 5.22. The van der Waals surface area contributed by atoms with E-state index in [-0.39, 0.29) is 23.0 Å². The molecule has 2 saturated heterocycles. The third-order valence-electron chi connectivity index (χ3n) is 6.23. The van der Waals surface area contributed by atoms with Crippen LogP contribution in [0.15, 0.2) is 41.3 Å². The maximum absolute atomic E-state index is 13.9. The van der Waals surface area contributed by atoms with E-state index in [2.05, 4.69) is 14.9 Å². The molecule has 8 nitrogen and oxygen atoms in total. The summed E-state index contributed by atoms with van der Waals surface area (Å²) in [6.07, 6.45) is 2.50. The third-order valence-corrected chi connectivity index (χ3v) is 6.23. The summed E-state index contributed by atoms with van der Waals surface area (Å²) in [7, 11) is 0. The van der Waals surface area contributed by atoms with Gasteiger partial charge in [-0.2, -0.15) is 0 Å². The molecule has 0 bridgehead atoms. The molecule has 0 atom stereocenters. The van der Waals surface area contributed by atoms with E-state index in [9.17, 15) is 18.4 Å². The van der Waals surface area contributed by atoms with E-state index in [1.807, 2.05) is 25.3 Å². The Morgan fingerprint density at radius 1 is 1.21 bits per heavy atom. The molecule has 1 aromatic carbocycles. The Morgan fingerprint density at radius 3 is 2.56 bits per heavy atom. The maximum Gasteiger partial charge on any atom is 0.290 e. The van der Waals surface area contributed by atoms with Crippen molar-refractivity contribution in [1.82, 2.24) is 19.8 Å². The van der Waals surface area contributed by atoms with Crippen LogP contribution in [0.4, 0.5) is 8.78 Å². The maximum atomic E-state index is 13.9. The highest BCUT2D eigenvalue weighted by Gasteiger charge is 2.53. The van der Waals surface area contributed by atoms with Crippen molar-refractivity contribution in [1.29, 1.82) is 0 Å². The summed E-state index contributed by atoms with van der Waals surface area (Å²) >= 11 is 0. The van der Waals surface area contributed by atoms with E-state index in [1.54, 1.807) is 4.90 Å². The average Bonchev–Trinajstić information content (AvgIpc) is 2.74. The number of aromatic amines is 1. The predicted molar refractivity (Wildman–Crippen MR) is 120 cm³/mol. The molecule has 2 aliphatic heterocycles. The molecule has 1 amide bonds. The van der Waals surface area contributed by atoms with Crippen LogP contribution in [-0.2, 0) is 17.8 Å². The average molecular weight is 470 g/mol. The van der Waals surface area contributed by atoms with Crippen LogP contribution in [0.1, 0.15) is 28.4 Å². The first-order valence-electron chi connectivity index (χ1n) is 10.8. The number of rotatable bonds is 4. The monoisotopic (exact) mass is 470 g/mol. The number of aromatic nitrogens is 2. The molecule has 178 valence electrons. The number of amides is 1. The molecule has 2 aliphatic rings. The highest BCUT2D eigenvalue weighted by Crippen LogP contribution is 2.41. The minimum atomic E-state index is -0.825. The zero-order chi connectivity index (χ0) is 24.5. The topological polar surface area (TPSA) is 107 Å². The number of carboxylic acid groups (broad SMARTS) is 1. The van der Waals surface area contributed by atoms with Gasteiger partial charge in [0.15, 0.2) is 0 Å².